The van der Waals surface area contributed by atoms with Gasteiger partial charge in [0.25, 0.3) is 0 Å². The molecule has 0 aliphatic carbocycles. The van der Waals surface area contributed by atoms with Crippen molar-refractivity contribution in [2.45, 2.75) is 24.1 Å². The first-order chi connectivity index (χ1) is 9.70. The van der Waals surface area contributed by atoms with E-state index in [9.17, 15) is 4.39 Å². The fraction of sp³-hybridized carbons (Fsp3) is 0.250. The molecule has 0 aliphatic rings. The van der Waals surface area contributed by atoms with Crippen LogP contribution in [-0.2, 0) is 12.3 Å². The van der Waals surface area contributed by atoms with Gasteiger partial charge in [0.1, 0.15) is 5.82 Å². The molecule has 1 N–H and O–H groups in total. The number of thioether (sulfide) groups is 1. The maximum absolute atomic E-state index is 13.8. The quantitative estimate of drug-likeness (QED) is 0.763. The van der Waals surface area contributed by atoms with Gasteiger partial charge >= 0.3 is 0 Å². The standard InChI is InChI=1S/C16H17ClFNS/c1-2-19-10-12-6-8-14(9-7-12)20-11-13-4-3-5-15(17)16(13)18/h3-9,19H,2,10-11H2,1H3. The lowest BCUT2D eigenvalue weighted by atomic mass is 10.2. The van der Waals surface area contributed by atoms with E-state index in [1.165, 1.54) is 5.56 Å². The van der Waals surface area contributed by atoms with Crippen LogP contribution < -0.4 is 5.32 Å². The summed E-state index contributed by atoms with van der Waals surface area (Å²) in [6.07, 6.45) is 0. The van der Waals surface area contributed by atoms with Crippen molar-refractivity contribution in [3.63, 3.8) is 0 Å². The summed E-state index contributed by atoms with van der Waals surface area (Å²) in [6, 6.07) is 13.5. The number of halogens is 2. The monoisotopic (exact) mass is 309 g/mol. The Balaban J connectivity index is 1.95. The molecule has 0 bridgehead atoms. The highest BCUT2D eigenvalue weighted by molar-refractivity contribution is 7.98. The maximum Gasteiger partial charge on any atom is 0.145 e. The van der Waals surface area contributed by atoms with E-state index in [1.807, 2.05) is 0 Å². The molecule has 2 aromatic rings. The lowest BCUT2D eigenvalue weighted by Gasteiger charge is -2.06. The lowest BCUT2D eigenvalue weighted by Crippen LogP contribution is -2.11. The fourth-order valence-corrected chi connectivity index (χ4v) is 2.86. The van der Waals surface area contributed by atoms with Gasteiger partial charge in [-0.15, -0.1) is 11.8 Å². The van der Waals surface area contributed by atoms with Gasteiger partial charge in [0.2, 0.25) is 0 Å². The van der Waals surface area contributed by atoms with Crippen LogP contribution in [0.25, 0.3) is 0 Å². The molecule has 0 unspecified atom stereocenters. The highest BCUT2D eigenvalue weighted by atomic mass is 35.5. The number of benzene rings is 2. The third-order valence-electron chi connectivity index (χ3n) is 2.93. The van der Waals surface area contributed by atoms with Crippen LogP contribution in [0.15, 0.2) is 47.4 Å². The SMILES string of the molecule is CCNCc1ccc(SCc2cccc(Cl)c2F)cc1. The second kappa shape index (κ2) is 7.67. The molecule has 0 amide bonds. The van der Waals surface area contributed by atoms with E-state index in [2.05, 4.69) is 36.5 Å². The van der Waals surface area contributed by atoms with E-state index >= 15 is 0 Å². The van der Waals surface area contributed by atoms with Crippen molar-refractivity contribution < 1.29 is 4.39 Å². The largest absolute Gasteiger partial charge is 0.313 e. The van der Waals surface area contributed by atoms with E-state index < -0.39 is 0 Å². The number of hydrogen-bond acceptors (Lipinski definition) is 2. The van der Waals surface area contributed by atoms with Crippen molar-refractivity contribution in [2.75, 3.05) is 6.54 Å². The van der Waals surface area contributed by atoms with Crippen LogP contribution in [0.2, 0.25) is 5.02 Å². The number of hydrogen-bond donors (Lipinski definition) is 1. The molecule has 0 fully saturated rings. The zero-order valence-corrected chi connectivity index (χ0v) is 12.9. The summed E-state index contributed by atoms with van der Waals surface area (Å²) in [5.74, 6) is 0.268. The van der Waals surface area contributed by atoms with Gasteiger partial charge in [-0.3, -0.25) is 0 Å². The third kappa shape index (κ3) is 4.23. The molecule has 0 heterocycles. The van der Waals surface area contributed by atoms with Crippen LogP contribution in [0.5, 0.6) is 0 Å². The molecule has 0 spiro atoms. The molecule has 0 atom stereocenters. The molecular formula is C16H17ClFNS. The van der Waals surface area contributed by atoms with Crippen LogP contribution >= 0.6 is 23.4 Å². The Morgan fingerprint density at radius 3 is 2.60 bits per heavy atom. The van der Waals surface area contributed by atoms with Gasteiger partial charge in [-0.1, -0.05) is 42.8 Å². The van der Waals surface area contributed by atoms with Gasteiger partial charge in [-0.2, -0.15) is 0 Å². The molecule has 0 radical (unpaired) electrons. The van der Waals surface area contributed by atoms with Crippen molar-refractivity contribution in [1.29, 1.82) is 0 Å². The third-order valence-corrected chi connectivity index (χ3v) is 4.28. The molecule has 0 aromatic heterocycles. The molecule has 20 heavy (non-hydrogen) atoms. The maximum atomic E-state index is 13.8. The minimum atomic E-state index is -0.314. The fourth-order valence-electron chi connectivity index (χ4n) is 1.79. The Hall–Kier alpha value is -1.03. The van der Waals surface area contributed by atoms with Crippen molar-refractivity contribution in [1.82, 2.24) is 5.32 Å². The summed E-state index contributed by atoms with van der Waals surface area (Å²) >= 11 is 7.38. The normalized spacial score (nSPS) is 10.8. The van der Waals surface area contributed by atoms with Gasteiger partial charge in [-0.05, 0) is 35.9 Å². The first-order valence-electron chi connectivity index (χ1n) is 6.56. The molecule has 106 valence electrons. The molecule has 0 saturated carbocycles. The molecule has 0 saturated heterocycles. The molecule has 1 nitrogen and oxygen atoms in total. The molecule has 0 aliphatic heterocycles. The Labute approximate surface area is 128 Å². The van der Waals surface area contributed by atoms with Gasteiger partial charge < -0.3 is 5.32 Å². The summed E-state index contributed by atoms with van der Waals surface area (Å²) in [5, 5.41) is 3.47. The predicted molar refractivity (Wildman–Crippen MR) is 84.8 cm³/mol. The first-order valence-corrected chi connectivity index (χ1v) is 7.92. The van der Waals surface area contributed by atoms with E-state index in [1.54, 1.807) is 30.0 Å². The molecule has 4 heteroatoms. The van der Waals surface area contributed by atoms with Gasteiger partial charge in [0.05, 0.1) is 5.02 Å². The summed E-state index contributed by atoms with van der Waals surface area (Å²) in [6.45, 7) is 3.93. The second-order valence-electron chi connectivity index (χ2n) is 4.43. The smallest absolute Gasteiger partial charge is 0.145 e. The minimum absolute atomic E-state index is 0.184. The summed E-state index contributed by atoms with van der Waals surface area (Å²) in [5.41, 5.74) is 1.89. The van der Waals surface area contributed by atoms with Crippen molar-refractivity contribution in [3.8, 4) is 0 Å². The average Bonchev–Trinajstić information content (AvgIpc) is 2.48. The molecular weight excluding hydrogens is 293 g/mol. The Morgan fingerprint density at radius 2 is 1.90 bits per heavy atom. The average molecular weight is 310 g/mol. The van der Waals surface area contributed by atoms with Crippen LogP contribution in [0, 0.1) is 5.82 Å². The summed E-state index contributed by atoms with van der Waals surface area (Å²) in [7, 11) is 0. The first kappa shape index (κ1) is 15.4. The van der Waals surface area contributed by atoms with Gasteiger partial charge in [0, 0.05) is 17.2 Å². The Kier molecular flexibility index (Phi) is 5.89. The van der Waals surface area contributed by atoms with E-state index in [-0.39, 0.29) is 10.8 Å². The number of nitrogens with one attached hydrogen (secondary N) is 1. The van der Waals surface area contributed by atoms with Gasteiger partial charge in [-0.25, -0.2) is 4.39 Å². The summed E-state index contributed by atoms with van der Waals surface area (Å²) < 4.78 is 13.8. The van der Waals surface area contributed by atoms with Crippen molar-refractivity contribution >= 4 is 23.4 Å². The van der Waals surface area contributed by atoms with Crippen LogP contribution in [0.4, 0.5) is 4.39 Å². The van der Waals surface area contributed by atoms with Gasteiger partial charge in [0.15, 0.2) is 0 Å². The van der Waals surface area contributed by atoms with Crippen molar-refractivity contribution in [2.24, 2.45) is 0 Å². The van der Waals surface area contributed by atoms with E-state index in [4.69, 9.17) is 11.6 Å². The van der Waals surface area contributed by atoms with E-state index in [0.717, 1.165) is 18.0 Å². The molecule has 2 rings (SSSR count). The van der Waals surface area contributed by atoms with Crippen LogP contribution in [0.3, 0.4) is 0 Å². The second-order valence-corrected chi connectivity index (χ2v) is 5.88. The topological polar surface area (TPSA) is 12.0 Å². The minimum Gasteiger partial charge on any atom is -0.313 e. The predicted octanol–water partition coefficient (Wildman–Crippen LogP) is 4.88. The highest BCUT2D eigenvalue weighted by Crippen LogP contribution is 2.26. The van der Waals surface area contributed by atoms with Crippen LogP contribution in [0.1, 0.15) is 18.1 Å². The van der Waals surface area contributed by atoms with Crippen LogP contribution in [-0.4, -0.2) is 6.54 Å². The highest BCUT2D eigenvalue weighted by Gasteiger charge is 2.06. The summed E-state index contributed by atoms with van der Waals surface area (Å²) in [4.78, 5) is 1.13. The lowest BCUT2D eigenvalue weighted by molar-refractivity contribution is 0.618. The Bertz CT molecular complexity index is 557. The Morgan fingerprint density at radius 1 is 1.15 bits per heavy atom. The zero-order valence-electron chi connectivity index (χ0n) is 11.3. The molecule has 2 aromatic carbocycles. The number of rotatable bonds is 6. The van der Waals surface area contributed by atoms with Crippen molar-refractivity contribution in [3.05, 3.63) is 64.4 Å². The zero-order chi connectivity index (χ0) is 14.4. The van der Waals surface area contributed by atoms with E-state index in [0.29, 0.717) is 11.3 Å².